The molecule has 0 spiro atoms. The van der Waals surface area contributed by atoms with Crippen LogP contribution in [0.3, 0.4) is 0 Å². The van der Waals surface area contributed by atoms with E-state index in [1.807, 2.05) is 54.7 Å². The van der Waals surface area contributed by atoms with Crippen molar-refractivity contribution in [3.63, 3.8) is 0 Å². The normalized spacial score (nSPS) is 10.7. The molecule has 0 aliphatic rings. The van der Waals surface area contributed by atoms with Crippen LogP contribution in [-0.4, -0.2) is 4.98 Å². The number of H-pyrrole nitrogens is 1. The predicted molar refractivity (Wildman–Crippen MR) is 74.1 cm³/mol. The van der Waals surface area contributed by atoms with E-state index in [1.165, 1.54) is 0 Å². The van der Waals surface area contributed by atoms with Gasteiger partial charge in [-0.1, -0.05) is 29.8 Å². The van der Waals surface area contributed by atoms with E-state index in [0.717, 1.165) is 27.2 Å². The highest BCUT2D eigenvalue weighted by atomic mass is 35.5. The number of aromatic nitrogens is 1. The van der Waals surface area contributed by atoms with Crippen LogP contribution in [0.25, 0.3) is 10.9 Å². The molecule has 0 saturated carbocycles. The number of hydrogen-bond acceptors (Lipinski definition) is 1. The van der Waals surface area contributed by atoms with Crippen molar-refractivity contribution in [3.05, 3.63) is 65.3 Å². The van der Waals surface area contributed by atoms with Gasteiger partial charge in [0.2, 0.25) is 0 Å². The predicted octanol–water partition coefficient (Wildman–Crippen LogP) is 4.40. The van der Waals surface area contributed by atoms with Gasteiger partial charge in [0.05, 0.1) is 0 Å². The first-order chi connectivity index (χ1) is 8.83. The van der Waals surface area contributed by atoms with Crippen LogP contribution in [0.15, 0.2) is 54.7 Å². The Kier molecular flexibility index (Phi) is 2.95. The molecule has 0 unspecified atom stereocenters. The summed E-state index contributed by atoms with van der Waals surface area (Å²) >= 11 is 5.94. The summed E-state index contributed by atoms with van der Waals surface area (Å²) in [7, 11) is 0. The molecular formula is C15H12ClNO. The summed E-state index contributed by atoms with van der Waals surface area (Å²) in [6.45, 7) is 0.519. The Bertz CT molecular complexity index is 675. The van der Waals surface area contributed by atoms with Gasteiger partial charge in [-0.2, -0.15) is 0 Å². The zero-order valence-corrected chi connectivity index (χ0v) is 10.4. The number of aromatic amines is 1. The Balaban J connectivity index is 1.83. The standard InChI is InChI=1S/C15H12ClNO/c16-12-4-1-3-11(9-12)10-18-15-6-2-5-14-13(15)7-8-17-14/h1-9,17H,10H2. The molecule has 1 heterocycles. The van der Waals surface area contributed by atoms with E-state index in [-0.39, 0.29) is 0 Å². The van der Waals surface area contributed by atoms with Crippen molar-refractivity contribution in [1.82, 2.24) is 4.98 Å². The van der Waals surface area contributed by atoms with E-state index in [0.29, 0.717) is 6.61 Å². The average Bonchev–Trinajstić information content (AvgIpc) is 2.85. The lowest BCUT2D eigenvalue weighted by Crippen LogP contribution is -1.95. The summed E-state index contributed by atoms with van der Waals surface area (Å²) in [5, 5.41) is 1.83. The second-order valence-electron chi connectivity index (χ2n) is 4.11. The summed E-state index contributed by atoms with van der Waals surface area (Å²) in [5.74, 6) is 0.883. The summed E-state index contributed by atoms with van der Waals surface area (Å²) < 4.78 is 5.84. The van der Waals surface area contributed by atoms with Crippen molar-refractivity contribution in [2.75, 3.05) is 0 Å². The van der Waals surface area contributed by atoms with Crippen LogP contribution < -0.4 is 4.74 Å². The number of fused-ring (bicyclic) bond motifs is 1. The molecule has 1 N–H and O–H groups in total. The number of hydrogen-bond donors (Lipinski definition) is 1. The average molecular weight is 258 g/mol. The molecule has 0 aliphatic carbocycles. The van der Waals surface area contributed by atoms with Crippen LogP contribution in [0, 0.1) is 0 Å². The van der Waals surface area contributed by atoms with Crippen LogP contribution >= 0.6 is 11.6 Å². The maximum absolute atomic E-state index is 5.94. The third-order valence-corrected chi connectivity index (χ3v) is 3.07. The summed E-state index contributed by atoms with van der Waals surface area (Å²) in [6, 6.07) is 15.7. The molecule has 0 atom stereocenters. The van der Waals surface area contributed by atoms with Gasteiger partial charge in [0.25, 0.3) is 0 Å². The molecule has 0 aliphatic heterocycles. The Morgan fingerprint density at radius 2 is 1.94 bits per heavy atom. The van der Waals surface area contributed by atoms with Crippen molar-refractivity contribution in [2.45, 2.75) is 6.61 Å². The number of halogens is 1. The first kappa shape index (κ1) is 11.2. The molecule has 3 aromatic rings. The van der Waals surface area contributed by atoms with E-state index in [9.17, 15) is 0 Å². The molecule has 0 fully saturated rings. The highest BCUT2D eigenvalue weighted by Gasteiger charge is 2.03. The lowest BCUT2D eigenvalue weighted by Gasteiger charge is -2.07. The van der Waals surface area contributed by atoms with E-state index in [1.54, 1.807) is 0 Å². The molecule has 2 aromatic carbocycles. The summed E-state index contributed by atoms with van der Waals surface area (Å²) in [6.07, 6.45) is 1.91. The van der Waals surface area contributed by atoms with Crippen LogP contribution in [0.1, 0.15) is 5.56 Å². The highest BCUT2D eigenvalue weighted by Crippen LogP contribution is 2.25. The van der Waals surface area contributed by atoms with Gasteiger partial charge in [-0.25, -0.2) is 0 Å². The molecule has 0 amide bonds. The molecule has 90 valence electrons. The summed E-state index contributed by atoms with van der Waals surface area (Å²) in [4.78, 5) is 3.17. The van der Waals surface area contributed by atoms with Crippen LogP contribution in [0.4, 0.5) is 0 Å². The second-order valence-corrected chi connectivity index (χ2v) is 4.55. The molecule has 0 saturated heterocycles. The number of ether oxygens (including phenoxy) is 1. The van der Waals surface area contributed by atoms with E-state index in [2.05, 4.69) is 4.98 Å². The van der Waals surface area contributed by atoms with E-state index >= 15 is 0 Å². The molecular weight excluding hydrogens is 246 g/mol. The van der Waals surface area contributed by atoms with Gasteiger partial charge in [-0.05, 0) is 35.9 Å². The van der Waals surface area contributed by atoms with Gasteiger partial charge < -0.3 is 9.72 Å². The molecule has 1 aromatic heterocycles. The highest BCUT2D eigenvalue weighted by molar-refractivity contribution is 6.30. The van der Waals surface area contributed by atoms with E-state index in [4.69, 9.17) is 16.3 Å². The Labute approximate surface area is 110 Å². The number of nitrogens with one attached hydrogen (secondary N) is 1. The van der Waals surface area contributed by atoms with Crippen molar-refractivity contribution in [3.8, 4) is 5.75 Å². The van der Waals surface area contributed by atoms with Crippen LogP contribution in [0.5, 0.6) is 5.75 Å². The minimum atomic E-state index is 0.519. The van der Waals surface area contributed by atoms with Gasteiger partial charge in [0.1, 0.15) is 12.4 Å². The lowest BCUT2D eigenvalue weighted by molar-refractivity contribution is 0.310. The molecule has 0 radical (unpaired) electrons. The van der Waals surface area contributed by atoms with E-state index < -0.39 is 0 Å². The maximum Gasteiger partial charge on any atom is 0.129 e. The van der Waals surface area contributed by atoms with Gasteiger partial charge in [0.15, 0.2) is 0 Å². The van der Waals surface area contributed by atoms with Gasteiger partial charge in [-0.3, -0.25) is 0 Å². The zero-order valence-electron chi connectivity index (χ0n) is 9.69. The molecule has 3 rings (SSSR count). The van der Waals surface area contributed by atoms with Crippen molar-refractivity contribution < 1.29 is 4.74 Å². The smallest absolute Gasteiger partial charge is 0.129 e. The molecule has 0 bridgehead atoms. The SMILES string of the molecule is Clc1cccc(COc2cccc3[nH]ccc23)c1. The lowest BCUT2D eigenvalue weighted by atomic mass is 10.2. The van der Waals surface area contributed by atoms with Gasteiger partial charge in [0, 0.05) is 22.1 Å². The Hall–Kier alpha value is -1.93. The zero-order chi connectivity index (χ0) is 12.4. The first-order valence-electron chi connectivity index (χ1n) is 5.76. The van der Waals surface area contributed by atoms with Crippen molar-refractivity contribution in [2.24, 2.45) is 0 Å². The fraction of sp³-hybridized carbons (Fsp3) is 0.0667. The fourth-order valence-electron chi connectivity index (χ4n) is 1.97. The van der Waals surface area contributed by atoms with Gasteiger partial charge in [-0.15, -0.1) is 0 Å². The minimum Gasteiger partial charge on any atom is -0.488 e. The topological polar surface area (TPSA) is 25.0 Å². The third kappa shape index (κ3) is 2.20. The van der Waals surface area contributed by atoms with Gasteiger partial charge >= 0.3 is 0 Å². The molecule has 18 heavy (non-hydrogen) atoms. The van der Waals surface area contributed by atoms with Crippen LogP contribution in [0.2, 0.25) is 5.02 Å². The molecule has 2 nitrogen and oxygen atoms in total. The Morgan fingerprint density at radius 3 is 2.83 bits per heavy atom. The maximum atomic E-state index is 5.94. The fourth-order valence-corrected chi connectivity index (χ4v) is 2.18. The summed E-state index contributed by atoms with van der Waals surface area (Å²) in [5.41, 5.74) is 2.15. The minimum absolute atomic E-state index is 0.519. The van der Waals surface area contributed by atoms with Crippen LogP contribution in [-0.2, 0) is 6.61 Å². The van der Waals surface area contributed by atoms with Crippen molar-refractivity contribution >= 4 is 22.5 Å². The molecule has 3 heteroatoms. The monoisotopic (exact) mass is 257 g/mol. The number of benzene rings is 2. The Morgan fingerprint density at radius 1 is 1.06 bits per heavy atom. The largest absolute Gasteiger partial charge is 0.488 e. The quantitative estimate of drug-likeness (QED) is 0.739. The number of rotatable bonds is 3. The third-order valence-electron chi connectivity index (χ3n) is 2.84. The van der Waals surface area contributed by atoms with Crippen molar-refractivity contribution in [1.29, 1.82) is 0 Å². The second kappa shape index (κ2) is 4.75. The first-order valence-corrected chi connectivity index (χ1v) is 6.14.